The number of Topliss-reactive ketones (excluding diaryl/α,β-unsaturated/α-hetero) is 1. The number of cyclic esters (lactones) is 1. The topological polar surface area (TPSA) is 107 Å². The van der Waals surface area contributed by atoms with E-state index in [0.717, 1.165) is 0 Å². The normalized spacial score (nSPS) is 19.4. The predicted octanol–water partition coefficient (Wildman–Crippen LogP) is 2.26. The molecule has 0 radical (unpaired) electrons. The highest BCUT2D eigenvalue weighted by atomic mass is 32.1. The molecule has 0 bridgehead atoms. The minimum atomic E-state index is -0.483. The van der Waals surface area contributed by atoms with Crippen LogP contribution in [0.3, 0.4) is 0 Å². The Hall–Kier alpha value is -2.33. The molecule has 8 nitrogen and oxygen atoms in total. The SMILES string of the molecule is CC(=O)OCc1csc(CC(=O)c2csc([C@H]3NC(=O)O[C@@H]3C)n2)n1. The zero-order valence-electron chi connectivity index (χ0n) is 13.5. The van der Waals surface area contributed by atoms with Crippen LogP contribution in [0.4, 0.5) is 4.79 Å². The Labute approximate surface area is 151 Å². The summed E-state index contributed by atoms with van der Waals surface area (Å²) in [4.78, 5) is 43.0. The van der Waals surface area contributed by atoms with Gasteiger partial charge in [0.2, 0.25) is 0 Å². The molecule has 0 saturated carbocycles. The molecule has 1 fully saturated rings. The average Bonchev–Trinajstić information content (AvgIpc) is 3.25. The first kappa shape index (κ1) is 17.5. The van der Waals surface area contributed by atoms with Gasteiger partial charge in [-0.05, 0) is 6.92 Å². The zero-order valence-corrected chi connectivity index (χ0v) is 15.1. The molecule has 0 aromatic carbocycles. The van der Waals surface area contributed by atoms with Crippen LogP contribution in [0.5, 0.6) is 0 Å². The smallest absolute Gasteiger partial charge is 0.408 e. The Morgan fingerprint density at radius 3 is 2.80 bits per heavy atom. The molecule has 0 aliphatic carbocycles. The number of thiazole rings is 2. The number of ether oxygens (including phenoxy) is 2. The first-order valence-corrected chi connectivity index (χ1v) is 9.20. The molecule has 0 spiro atoms. The highest BCUT2D eigenvalue weighted by molar-refractivity contribution is 7.10. The van der Waals surface area contributed by atoms with E-state index in [1.807, 2.05) is 0 Å². The van der Waals surface area contributed by atoms with E-state index < -0.39 is 6.09 Å². The molecule has 10 heteroatoms. The average molecular weight is 381 g/mol. The zero-order chi connectivity index (χ0) is 18.0. The van der Waals surface area contributed by atoms with Crippen molar-refractivity contribution < 1.29 is 23.9 Å². The van der Waals surface area contributed by atoms with Crippen molar-refractivity contribution in [1.82, 2.24) is 15.3 Å². The molecule has 1 amide bonds. The lowest BCUT2D eigenvalue weighted by Crippen LogP contribution is -2.21. The second-order valence-corrected chi connectivity index (χ2v) is 7.25. The molecule has 1 saturated heterocycles. The quantitative estimate of drug-likeness (QED) is 0.604. The van der Waals surface area contributed by atoms with Crippen molar-refractivity contribution in [1.29, 1.82) is 0 Å². The Balaban J connectivity index is 1.62. The van der Waals surface area contributed by atoms with Gasteiger partial charge in [0.15, 0.2) is 5.78 Å². The number of aromatic nitrogens is 2. The minimum absolute atomic E-state index is 0.0974. The van der Waals surface area contributed by atoms with Crippen LogP contribution in [-0.2, 0) is 27.3 Å². The van der Waals surface area contributed by atoms with Gasteiger partial charge in [0, 0.05) is 17.7 Å². The largest absolute Gasteiger partial charge is 0.459 e. The van der Waals surface area contributed by atoms with E-state index in [1.165, 1.54) is 29.6 Å². The number of amides is 1. The maximum atomic E-state index is 12.4. The summed E-state index contributed by atoms with van der Waals surface area (Å²) in [7, 11) is 0. The molecular weight excluding hydrogens is 366 g/mol. The Bertz CT molecular complexity index is 816. The third kappa shape index (κ3) is 4.20. The van der Waals surface area contributed by atoms with E-state index in [-0.39, 0.29) is 36.9 Å². The highest BCUT2D eigenvalue weighted by Gasteiger charge is 2.34. The Morgan fingerprint density at radius 1 is 1.32 bits per heavy atom. The first-order chi connectivity index (χ1) is 11.9. The van der Waals surface area contributed by atoms with Crippen molar-refractivity contribution in [2.45, 2.75) is 39.0 Å². The van der Waals surface area contributed by atoms with Crippen LogP contribution in [-0.4, -0.2) is 33.9 Å². The molecule has 2 aromatic rings. The van der Waals surface area contributed by atoms with E-state index in [9.17, 15) is 14.4 Å². The van der Waals surface area contributed by atoms with Gasteiger partial charge in [-0.15, -0.1) is 22.7 Å². The van der Waals surface area contributed by atoms with Crippen LogP contribution in [0.2, 0.25) is 0 Å². The third-order valence-electron chi connectivity index (χ3n) is 3.44. The van der Waals surface area contributed by atoms with E-state index in [0.29, 0.717) is 21.4 Å². The maximum Gasteiger partial charge on any atom is 0.408 e. The number of ketones is 1. The molecule has 3 rings (SSSR count). The summed E-state index contributed by atoms with van der Waals surface area (Å²) in [6.07, 6.45) is -0.690. The van der Waals surface area contributed by atoms with Gasteiger partial charge < -0.3 is 14.8 Å². The second kappa shape index (κ2) is 7.28. The van der Waals surface area contributed by atoms with Gasteiger partial charge in [-0.3, -0.25) is 9.59 Å². The number of hydrogen-bond donors (Lipinski definition) is 1. The Morgan fingerprint density at radius 2 is 2.12 bits per heavy atom. The fourth-order valence-corrected chi connectivity index (χ4v) is 3.98. The van der Waals surface area contributed by atoms with E-state index in [4.69, 9.17) is 9.47 Å². The van der Waals surface area contributed by atoms with Crippen molar-refractivity contribution in [3.05, 3.63) is 32.2 Å². The summed E-state index contributed by atoms with van der Waals surface area (Å²) < 4.78 is 9.90. The molecule has 2 aromatic heterocycles. The van der Waals surface area contributed by atoms with Gasteiger partial charge in [-0.25, -0.2) is 14.8 Å². The molecule has 25 heavy (non-hydrogen) atoms. The van der Waals surface area contributed by atoms with Crippen LogP contribution in [0.15, 0.2) is 10.8 Å². The van der Waals surface area contributed by atoms with Crippen molar-refractivity contribution in [2.75, 3.05) is 0 Å². The number of esters is 1. The van der Waals surface area contributed by atoms with Crippen molar-refractivity contribution in [2.24, 2.45) is 0 Å². The lowest BCUT2D eigenvalue weighted by molar-refractivity contribution is -0.142. The number of alkyl carbamates (subject to hydrolysis) is 1. The summed E-state index contributed by atoms with van der Waals surface area (Å²) in [5, 5.41) is 7.36. The van der Waals surface area contributed by atoms with Gasteiger partial charge in [-0.1, -0.05) is 0 Å². The lowest BCUT2D eigenvalue weighted by Gasteiger charge is -2.08. The summed E-state index contributed by atoms with van der Waals surface area (Å²) in [5.41, 5.74) is 0.951. The second-order valence-electron chi connectivity index (χ2n) is 5.42. The van der Waals surface area contributed by atoms with Crippen molar-refractivity contribution >= 4 is 40.5 Å². The number of hydrogen-bond acceptors (Lipinski definition) is 9. The number of rotatable bonds is 6. The van der Waals surface area contributed by atoms with Crippen LogP contribution in [0.25, 0.3) is 0 Å². The Kier molecular flexibility index (Phi) is 5.09. The van der Waals surface area contributed by atoms with E-state index >= 15 is 0 Å². The monoisotopic (exact) mass is 381 g/mol. The molecule has 3 heterocycles. The van der Waals surface area contributed by atoms with Gasteiger partial charge in [0.05, 0.1) is 12.1 Å². The summed E-state index contributed by atoms with van der Waals surface area (Å²) in [5.74, 6) is -0.536. The minimum Gasteiger partial charge on any atom is -0.459 e. The third-order valence-corrected chi connectivity index (χ3v) is 5.27. The molecule has 2 atom stereocenters. The summed E-state index contributed by atoms with van der Waals surface area (Å²) >= 11 is 2.64. The number of nitrogens with zero attached hydrogens (tertiary/aromatic N) is 2. The lowest BCUT2D eigenvalue weighted by atomic mass is 10.2. The van der Waals surface area contributed by atoms with E-state index in [1.54, 1.807) is 17.7 Å². The van der Waals surface area contributed by atoms with Gasteiger partial charge >= 0.3 is 12.1 Å². The first-order valence-electron chi connectivity index (χ1n) is 7.45. The van der Waals surface area contributed by atoms with E-state index in [2.05, 4.69) is 15.3 Å². The van der Waals surface area contributed by atoms with Crippen LogP contribution in [0.1, 0.15) is 46.1 Å². The summed E-state index contributed by atoms with van der Waals surface area (Å²) in [6.45, 7) is 3.20. The van der Waals surface area contributed by atoms with Crippen LogP contribution >= 0.6 is 22.7 Å². The fraction of sp³-hybridized carbons (Fsp3) is 0.400. The van der Waals surface area contributed by atoms with Gasteiger partial charge in [-0.2, -0.15) is 0 Å². The molecule has 1 aliphatic rings. The number of carbonyl (C=O) groups is 3. The molecule has 1 N–H and O–H groups in total. The van der Waals surface area contributed by atoms with Crippen LogP contribution < -0.4 is 5.32 Å². The maximum absolute atomic E-state index is 12.4. The molecule has 132 valence electrons. The molecule has 0 unspecified atom stereocenters. The number of nitrogens with one attached hydrogen (secondary N) is 1. The van der Waals surface area contributed by atoms with Crippen molar-refractivity contribution in [3.63, 3.8) is 0 Å². The molecule has 1 aliphatic heterocycles. The standard InChI is InChI=1S/C15H15N3O5S2/c1-7-13(18-15(21)23-7)14-17-10(6-25-14)11(20)3-12-16-9(5-24-12)4-22-8(2)19/h5-7,13H,3-4H2,1-2H3,(H,18,21)/t7-,13+/m1/s1. The fourth-order valence-electron chi connectivity index (χ4n) is 2.24. The predicted molar refractivity (Wildman–Crippen MR) is 89.6 cm³/mol. The highest BCUT2D eigenvalue weighted by Crippen LogP contribution is 2.27. The summed E-state index contributed by atoms with van der Waals surface area (Å²) in [6, 6.07) is -0.339. The van der Waals surface area contributed by atoms with Gasteiger partial charge in [0.25, 0.3) is 0 Å². The van der Waals surface area contributed by atoms with Crippen LogP contribution in [0, 0.1) is 0 Å². The number of carbonyl (C=O) groups excluding carboxylic acids is 3. The molecular formula is C15H15N3O5S2. The van der Waals surface area contributed by atoms with Crippen molar-refractivity contribution in [3.8, 4) is 0 Å². The van der Waals surface area contributed by atoms with Gasteiger partial charge in [0.1, 0.15) is 34.5 Å².